The van der Waals surface area contributed by atoms with E-state index in [2.05, 4.69) is 16.6 Å². The van der Waals surface area contributed by atoms with Crippen LogP contribution in [0.15, 0.2) is 77.3 Å². The largest absolute Gasteiger partial charge is 0.306 e. The van der Waals surface area contributed by atoms with Gasteiger partial charge in [-0.2, -0.15) is 10.2 Å². The van der Waals surface area contributed by atoms with Gasteiger partial charge in [0.2, 0.25) is 0 Å². The first-order valence-corrected chi connectivity index (χ1v) is 10.2. The third-order valence-electron chi connectivity index (χ3n) is 4.13. The van der Waals surface area contributed by atoms with Gasteiger partial charge in [0.05, 0.1) is 23.3 Å². The smallest absolute Gasteiger partial charge is 0.112 e. The van der Waals surface area contributed by atoms with E-state index in [1.54, 1.807) is 17.6 Å². The second kappa shape index (κ2) is 8.61. The van der Waals surface area contributed by atoms with Crippen LogP contribution in [-0.4, -0.2) is 16.0 Å². The van der Waals surface area contributed by atoms with Crippen LogP contribution in [0.5, 0.6) is 0 Å². The fraction of sp³-hybridized carbons (Fsp3) is 0.0476. The standard InChI is InChI=1S/C21H16Cl2N4S/c22-18-8-4-9-19(23)17(18)13-25-24-12-15-14-27(16-6-2-1-3-7-16)26-21(15)20-10-5-11-28-20/h1-12,14,25H,13H2/b24-12-. The summed E-state index contributed by atoms with van der Waals surface area (Å²) in [6, 6.07) is 19.5. The summed E-state index contributed by atoms with van der Waals surface area (Å²) >= 11 is 14.0. The molecule has 0 radical (unpaired) electrons. The molecule has 0 aliphatic carbocycles. The Labute approximate surface area is 177 Å². The number of nitrogens with zero attached hydrogens (tertiary/aromatic N) is 3. The van der Waals surface area contributed by atoms with E-state index in [0.717, 1.165) is 27.4 Å². The number of benzene rings is 2. The van der Waals surface area contributed by atoms with Gasteiger partial charge >= 0.3 is 0 Å². The van der Waals surface area contributed by atoms with Crippen molar-refractivity contribution in [3.05, 3.63) is 93.4 Å². The first-order chi connectivity index (χ1) is 13.7. The number of hydrazone groups is 1. The van der Waals surface area contributed by atoms with E-state index in [4.69, 9.17) is 28.3 Å². The minimum absolute atomic E-state index is 0.441. The van der Waals surface area contributed by atoms with Crippen molar-refractivity contribution in [1.29, 1.82) is 0 Å². The van der Waals surface area contributed by atoms with Crippen molar-refractivity contribution >= 4 is 40.8 Å². The van der Waals surface area contributed by atoms with Gasteiger partial charge in [-0.1, -0.05) is 53.5 Å². The Morgan fingerprint density at radius 2 is 1.79 bits per heavy atom. The van der Waals surface area contributed by atoms with Gasteiger partial charge in [-0.3, -0.25) is 0 Å². The van der Waals surface area contributed by atoms with Crippen LogP contribution >= 0.6 is 34.5 Å². The SMILES string of the molecule is Clc1cccc(Cl)c1CN/N=C\c1cn(-c2ccccc2)nc1-c1cccs1. The number of halogens is 2. The van der Waals surface area contributed by atoms with Gasteiger partial charge < -0.3 is 5.43 Å². The number of thiophene rings is 1. The van der Waals surface area contributed by atoms with Gasteiger partial charge in [-0.25, -0.2) is 4.68 Å². The molecule has 2 heterocycles. The lowest BCUT2D eigenvalue weighted by atomic mass is 10.2. The highest BCUT2D eigenvalue weighted by atomic mass is 35.5. The first-order valence-electron chi connectivity index (χ1n) is 8.60. The molecule has 0 saturated carbocycles. The molecule has 0 atom stereocenters. The summed E-state index contributed by atoms with van der Waals surface area (Å²) in [7, 11) is 0. The van der Waals surface area contributed by atoms with Crippen LogP contribution in [0.25, 0.3) is 16.3 Å². The van der Waals surface area contributed by atoms with Crippen LogP contribution in [0.4, 0.5) is 0 Å². The van der Waals surface area contributed by atoms with E-state index >= 15 is 0 Å². The zero-order valence-corrected chi connectivity index (χ0v) is 17.0. The second-order valence-corrected chi connectivity index (χ2v) is 7.75. The normalized spacial score (nSPS) is 11.2. The Morgan fingerprint density at radius 3 is 2.50 bits per heavy atom. The highest BCUT2D eigenvalue weighted by Gasteiger charge is 2.12. The fourth-order valence-corrected chi connectivity index (χ4v) is 4.00. The zero-order chi connectivity index (χ0) is 19.3. The van der Waals surface area contributed by atoms with E-state index in [1.165, 1.54) is 0 Å². The third kappa shape index (κ3) is 4.12. The quantitative estimate of drug-likeness (QED) is 0.302. The minimum atomic E-state index is 0.441. The van der Waals surface area contributed by atoms with E-state index in [-0.39, 0.29) is 0 Å². The van der Waals surface area contributed by atoms with Crippen LogP contribution in [0, 0.1) is 0 Å². The molecule has 1 N–H and O–H groups in total. The summed E-state index contributed by atoms with van der Waals surface area (Å²) in [5.74, 6) is 0. The fourth-order valence-electron chi connectivity index (χ4n) is 2.74. The van der Waals surface area contributed by atoms with Gasteiger partial charge in [-0.15, -0.1) is 11.3 Å². The highest BCUT2D eigenvalue weighted by Crippen LogP contribution is 2.27. The molecule has 0 amide bonds. The predicted molar refractivity (Wildman–Crippen MR) is 118 cm³/mol. The molecule has 28 heavy (non-hydrogen) atoms. The monoisotopic (exact) mass is 426 g/mol. The maximum Gasteiger partial charge on any atom is 0.112 e. The van der Waals surface area contributed by atoms with E-state index in [1.807, 2.05) is 70.9 Å². The molecule has 0 aliphatic heterocycles. The lowest BCUT2D eigenvalue weighted by Crippen LogP contribution is -2.06. The molecule has 0 fully saturated rings. The molecule has 0 bridgehead atoms. The average molecular weight is 427 g/mol. The molecule has 0 unspecified atom stereocenters. The molecule has 7 heteroatoms. The summed E-state index contributed by atoms with van der Waals surface area (Å²) in [4.78, 5) is 1.09. The Morgan fingerprint density at radius 1 is 1.00 bits per heavy atom. The van der Waals surface area contributed by atoms with Crippen LogP contribution in [0.1, 0.15) is 11.1 Å². The summed E-state index contributed by atoms with van der Waals surface area (Å²) in [6.07, 6.45) is 3.74. The highest BCUT2D eigenvalue weighted by molar-refractivity contribution is 7.13. The maximum absolute atomic E-state index is 6.20. The van der Waals surface area contributed by atoms with Gasteiger partial charge in [0.1, 0.15) is 5.69 Å². The zero-order valence-electron chi connectivity index (χ0n) is 14.7. The molecule has 2 aromatic carbocycles. The lowest BCUT2D eigenvalue weighted by molar-refractivity contribution is 0.748. The molecule has 4 rings (SSSR count). The van der Waals surface area contributed by atoms with Crippen molar-refractivity contribution in [1.82, 2.24) is 15.2 Å². The molecule has 4 aromatic rings. The molecule has 0 saturated heterocycles. The number of rotatable bonds is 6. The van der Waals surface area contributed by atoms with E-state index in [9.17, 15) is 0 Å². The molecule has 4 nitrogen and oxygen atoms in total. The van der Waals surface area contributed by atoms with Crippen molar-refractivity contribution in [3.63, 3.8) is 0 Å². The third-order valence-corrected chi connectivity index (χ3v) is 5.72. The van der Waals surface area contributed by atoms with E-state index in [0.29, 0.717) is 16.6 Å². The average Bonchev–Trinajstić information content (AvgIpc) is 3.37. The summed E-state index contributed by atoms with van der Waals surface area (Å²) in [5, 5.41) is 12.4. The predicted octanol–water partition coefficient (Wildman–Crippen LogP) is 6.03. The summed E-state index contributed by atoms with van der Waals surface area (Å²) in [6.45, 7) is 0.441. The molecular formula is C21H16Cl2N4S. The maximum atomic E-state index is 6.20. The molecule has 2 aromatic heterocycles. The topological polar surface area (TPSA) is 42.2 Å². The Kier molecular flexibility index (Phi) is 5.76. The van der Waals surface area contributed by atoms with Crippen LogP contribution < -0.4 is 5.43 Å². The molecular weight excluding hydrogens is 411 g/mol. The Bertz CT molecular complexity index is 1070. The minimum Gasteiger partial charge on any atom is -0.306 e. The number of para-hydroxylation sites is 1. The van der Waals surface area contributed by atoms with Crippen molar-refractivity contribution < 1.29 is 0 Å². The number of aromatic nitrogens is 2. The van der Waals surface area contributed by atoms with Crippen LogP contribution in [0.2, 0.25) is 10.0 Å². The number of nitrogens with one attached hydrogen (secondary N) is 1. The number of hydrogen-bond donors (Lipinski definition) is 1. The molecule has 140 valence electrons. The van der Waals surface area contributed by atoms with E-state index < -0.39 is 0 Å². The van der Waals surface area contributed by atoms with Gasteiger partial charge in [0, 0.05) is 27.4 Å². The first kappa shape index (κ1) is 18.7. The van der Waals surface area contributed by atoms with Crippen molar-refractivity contribution in [3.8, 4) is 16.3 Å². The van der Waals surface area contributed by atoms with Crippen LogP contribution in [-0.2, 0) is 6.54 Å². The van der Waals surface area contributed by atoms with Gasteiger partial charge in [0.15, 0.2) is 0 Å². The van der Waals surface area contributed by atoms with Gasteiger partial charge in [-0.05, 0) is 35.7 Å². The summed E-state index contributed by atoms with van der Waals surface area (Å²) in [5.41, 5.74) is 6.65. The van der Waals surface area contributed by atoms with Crippen molar-refractivity contribution in [2.24, 2.45) is 5.10 Å². The van der Waals surface area contributed by atoms with Crippen molar-refractivity contribution in [2.75, 3.05) is 0 Å². The lowest BCUT2D eigenvalue weighted by Gasteiger charge is -2.05. The summed E-state index contributed by atoms with van der Waals surface area (Å²) < 4.78 is 1.86. The second-order valence-electron chi connectivity index (χ2n) is 5.98. The Balaban J connectivity index is 1.58. The Hall–Kier alpha value is -2.60. The molecule has 0 aliphatic rings. The number of hydrogen-bond acceptors (Lipinski definition) is 4. The van der Waals surface area contributed by atoms with Gasteiger partial charge in [0.25, 0.3) is 0 Å². The van der Waals surface area contributed by atoms with Crippen molar-refractivity contribution in [2.45, 2.75) is 6.54 Å². The van der Waals surface area contributed by atoms with Crippen LogP contribution in [0.3, 0.4) is 0 Å². The molecule has 0 spiro atoms.